The van der Waals surface area contributed by atoms with E-state index in [-0.39, 0.29) is 11.5 Å². The van der Waals surface area contributed by atoms with Gasteiger partial charge >= 0.3 is 0 Å². The molecule has 0 heterocycles. The van der Waals surface area contributed by atoms with Gasteiger partial charge in [0, 0.05) is 0 Å². The Labute approximate surface area is 171 Å². The van der Waals surface area contributed by atoms with E-state index in [1.807, 2.05) is 0 Å². The predicted octanol–water partition coefficient (Wildman–Crippen LogP) is 3.50. The Kier molecular flexibility index (Phi) is 7.69. The van der Waals surface area contributed by atoms with Gasteiger partial charge in [-0.2, -0.15) is 5.10 Å². The average molecular weight is 450 g/mol. The maximum Gasteiger partial charge on any atom is 0.262 e. The van der Waals surface area contributed by atoms with Crippen LogP contribution < -0.4 is 15.5 Å². The van der Waals surface area contributed by atoms with E-state index in [1.54, 1.807) is 45.2 Å². The van der Waals surface area contributed by atoms with Crippen molar-refractivity contribution in [2.75, 3.05) is 7.11 Å². The number of carbonyl (C=O) groups is 2. The van der Waals surface area contributed by atoms with Gasteiger partial charge in [0.15, 0.2) is 0 Å². The molecule has 28 heavy (non-hydrogen) atoms. The number of rotatable bonds is 7. The molecule has 2 amide bonds. The lowest BCUT2D eigenvalue weighted by Crippen LogP contribution is -2.48. The summed E-state index contributed by atoms with van der Waals surface area (Å²) in [5, 5.41) is 6.48. The van der Waals surface area contributed by atoms with E-state index < -0.39 is 23.7 Å². The summed E-state index contributed by atoms with van der Waals surface area (Å²) < 4.78 is 19.7. The van der Waals surface area contributed by atoms with Gasteiger partial charge in [-0.15, -0.1) is 0 Å². The van der Waals surface area contributed by atoms with Crippen LogP contribution in [-0.4, -0.2) is 31.2 Å². The molecule has 0 aliphatic carbocycles. The van der Waals surface area contributed by atoms with Crippen molar-refractivity contribution in [3.63, 3.8) is 0 Å². The molecule has 0 aliphatic rings. The molecule has 1 unspecified atom stereocenters. The Morgan fingerprint density at radius 3 is 2.54 bits per heavy atom. The molecule has 0 saturated heterocycles. The highest BCUT2D eigenvalue weighted by Gasteiger charge is 2.25. The first kappa shape index (κ1) is 21.6. The van der Waals surface area contributed by atoms with Crippen molar-refractivity contribution in [2.24, 2.45) is 11.0 Å². The van der Waals surface area contributed by atoms with Crippen LogP contribution in [0.4, 0.5) is 4.39 Å². The van der Waals surface area contributed by atoms with E-state index in [1.165, 1.54) is 24.4 Å². The number of hydrogen-bond acceptors (Lipinski definition) is 4. The minimum Gasteiger partial charge on any atom is -0.496 e. The van der Waals surface area contributed by atoms with Crippen LogP contribution >= 0.6 is 15.9 Å². The predicted molar refractivity (Wildman–Crippen MR) is 109 cm³/mol. The van der Waals surface area contributed by atoms with Crippen LogP contribution in [0.3, 0.4) is 0 Å². The monoisotopic (exact) mass is 449 g/mol. The zero-order chi connectivity index (χ0) is 20.7. The highest BCUT2D eigenvalue weighted by Crippen LogP contribution is 2.24. The minimum atomic E-state index is -0.869. The number of hydrogen-bond donors (Lipinski definition) is 2. The van der Waals surface area contributed by atoms with Crippen molar-refractivity contribution in [2.45, 2.75) is 19.9 Å². The smallest absolute Gasteiger partial charge is 0.262 e. The highest BCUT2D eigenvalue weighted by atomic mass is 79.9. The van der Waals surface area contributed by atoms with Crippen molar-refractivity contribution in [1.29, 1.82) is 0 Å². The highest BCUT2D eigenvalue weighted by molar-refractivity contribution is 9.10. The number of methoxy groups -OCH3 is 1. The summed E-state index contributed by atoms with van der Waals surface area (Å²) in [5.41, 5.74) is 3.03. The second kappa shape index (κ2) is 9.98. The lowest BCUT2D eigenvalue weighted by atomic mass is 10.0. The van der Waals surface area contributed by atoms with Gasteiger partial charge in [-0.1, -0.05) is 26.0 Å². The molecule has 8 heteroatoms. The van der Waals surface area contributed by atoms with E-state index in [4.69, 9.17) is 4.74 Å². The van der Waals surface area contributed by atoms with Crippen molar-refractivity contribution < 1.29 is 18.7 Å². The number of carbonyl (C=O) groups excluding carboxylic acids is 2. The molecular weight excluding hydrogens is 429 g/mol. The largest absolute Gasteiger partial charge is 0.496 e. The Hall–Kier alpha value is -2.74. The van der Waals surface area contributed by atoms with E-state index >= 15 is 0 Å². The second-order valence-electron chi connectivity index (χ2n) is 6.30. The molecule has 0 aromatic heterocycles. The van der Waals surface area contributed by atoms with Crippen molar-refractivity contribution in [3.05, 3.63) is 63.9 Å². The standard InChI is InChI=1S/C20H21BrFN3O3/c1-12(2)18(24-19(26)14-6-4-5-7-16(14)22)20(27)25-23-11-13-8-9-17(28-3)15(21)10-13/h4-12,18H,1-3H3,(H,24,26)(H,25,27)/b23-11+. The van der Waals surface area contributed by atoms with Crippen LogP contribution in [0.2, 0.25) is 0 Å². The summed E-state index contributed by atoms with van der Waals surface area (Å²) in [5.74, 6) is -1.34. The van der Waals surface area contributed by atoms with Crippen LogP contribution in [-0.2, 0) is 4.79 Å². The number of amides is 2. The maximum atomic E-state index is 13.8. The molecule has 1 atom stereocenters. The van der Waals surface area contributed by atoms with Crippen LogP contribution in [0.5, 0.6) is 5.75 Å². The molecule has 0 radical (unpaired) electrons. The fourth-order valence-electron chi connectivity index (χ4n) is 2.40. The van der Waals surface area contributed by atoms with Gasteiger partial charge in [0.1, 0.15) is 17.6 Å². The normalized spacial score (nSPS) is 12.1. The third kappa shape index (κ3) is 5.63. The number of nitrogens with zero attached hydrogens (tertiary/aromatic N) is 1. The van der Waals surface area contributed by atoms with Crippen molar-refractivity contribution >= 4 is 34.0 Å². The summed E-state index contributed by atoms with van der Waals surface area (Å²) in [7, 11) is 1.57. The van der Waals surface area contributed by atoms with Gasteiger partial charge in [0.05, 0.1) is 23.4 Å². The Bertz CT molecular complexity index is 887. The number of halogens is 2. The third-order valence-corrected chi connectivity index (χ3v) is 4.54. The Morgan fingerprint density at radius 1 is 1.21 bits per heavy atom. The molecular formula is C20H21BrFN3O3. The molecule has 2 rings (SSSR count). The number of ether oxygens (including phenoxy) is 1. The quantitative estimate of drug-likeness (QED) is 0.501. The molecule has 0 aliphatic heterocycles. The van der Waals surface area contributed by atoms with Crippen LogP contribution in [0, 0.1) is 11.7 Å². The average Bonchev–Trinajstić information content (AvgIpc) is 2.66. The van der Waals surface area contributed by atoms with Gasteiger partial charge in [-0.3, -0.25) is 9.59 Å². The summed E-state index contributed by atoms with van der Waals surface area (Å²) >= 11 is 3.37. The topological polar surface area (TPSA) is 79.8 Å². The lowest BCUT2D eigenvalue weighted by molar-refractivity contribution is -0.123. The van der Waals surface area contributed by atoms with Gasteiger partial charge in [-0.05, 0) is 57.7 Å². The minimum absolute atomic E-state index is 0.118. The fourth-order valence-corrected chi connectivity index (χ4v) is 2.96. The molecule has 0 bridgehead atoms. The number of hydrazone groups is 1. The maximum absolute atomic E-state index is 13.8. The first-order chi connectivity index (χ1) is 13.3. The van der Waals surface area contributed by atoms with E-state index in [0.29, 0.717) is 5.75 Å². The van der Waals surface area contributed by atoms with Gasteiger partial charge in [0.2, 0.25) is 0 Å². The van der Waals surface area contributed by atoms with Gasteiger partial charge < -0.3 is 10.1 Å². The van der Waals surface area contributed by atoms with Gasteiger partial charge in [0.25, 0.3) is 11.8 Å². The first-order valence-corrected chi connectivity index (χ1v) is 9.34. The molecule has 2 aromatic carbocycles. The molecule has 2 aromatic rings. The Balaban J connectivity index is 2.03. The van der Waals surface area contributed by atoms with E-state index in [9.17, 15) is 14.0 Å². The summed E-state index contributed by atoms with van der Waals surface area (Å²) in [6.07, 6.45) is 1.47. The molecule has 0 spiro atoms. The second-order valence-corrected chi connectivity index (χ2v) is 7.16. The summed E-state index contributed by atoms with van der Waals surface area (Å²) in [6, 6.07) is 10.1. The van der Waals surface area contributed by atoms with Crippen LogP contribution in [0.15, 0.2) is 52.0 Å². The number of benzene rings is 2. The number of nitrogens with one attached hydrogen (secondary N) is 2. The fraction of sp³-hybridized carbons (Fsp3) is 0.250. The first-order valence-electron chi connectivity index (χ1n) is 8.55. The van der Waals surface area contributed by atoms with Crippen molar-refractivity contribution in [1.82, 2.24) is 10.7 Å². The summed E-state index contributed by atoms with van der Waals surface area (Å²) in [4.78, 5) is 24.7. The molecule has 0 saturated carbocycles. The molecule has 148 valence electrons. The third-order valence-electron chi connectivity index (χ3n) is 3.92. The zero-order valence-electron chi connectivity index (χ0n) is 15.7. The van der Waals surface area contributed by atoms with E-state index in [2.05, 4.69) is 31.8 Å². The molecule has 0 fully saturated rings. The zero-order valence-corrected chi connectivity index (χ0v) is 17.3. The molecule has 6 nitrogen and oxygen atoms in total. The SMILES string of the molecule is COc1ccc(/C=N/NC(=O)C(NC(=O)c2ccccc2F)C(C)C)cc1Br. The lowest BCUT2D eigenvalue weighted by Gasteiger charge is -2.20. The van der Waals surface area contributed by atoms with Crippen LogP contribution in [0.1, 0.15) is 29.8 Å². The molecule has 2 N–H and O–H groups in total. The van der Waals surface area contributed by atoms with E-state index in [0.717, 1.165) is 10.0 Å². The Morgan fingerprint density at radius 2 is 1.93 bits per heavy atom. The van der Waals surface area contributed by atoms with Crippen molar-refractivity contribution in [3.8, 4) is 5.75 Å². The van der Waals surface area contributed by atoms with Crippen LogP contribution in [0.25, 0.3) is 0 Å². The summed E-state index contributed by atoms with van der Waals surface area (Å²) in [6.45, 7) is 3.55. The van der Waals surface area contributed by atoms with Gasteiger partial charge in [-0.25, -0.2) is 9.82 Å².